The first-order chi connectivity index (χ1) is 11.7. The second-order valence-corrected chi connectivity index (χ2v) is 6.59. The standard InChI is InChI=1S/C19H27N3O2/c1-21(12-15-8-9-18(23-2)19(10-15)24-3)13-17-11-20-14-22(17)16-6-4-5-7-16/h8-11,14,16H,4-7,12-13H2,1-3H3. The predicted octanol–water partition coefficient (Wildman–Crippen LogP) is 3.65. The van der Waals surface area contributed by atoms with Crippen molar-refractivity contribution in [3.8, 4) is 11.5 Å². The fourth-order valence-corrected chi connectivity index (χ4v) is 3.59. The van der Waals surface area contributed by atoms with Crippen molar-refractivity contribution in [3.05, 3.63) is 42.0 Å². The van der Waals surface area contributed by atoms with Crippen molar-refractivity contribution in [2.24, 2.45) is 0 Å². The molecule has 1 aromatic heterocycles. The lowest BCUT2D eigenvalue weighted by Gasteiger charge is -2.21. The molecule has 130 valence electrons. The van der Waals surface area contributed by atoms with Gasteiger partial charge in [0.1, 0.15) is 0 Å². The maximum Gasteiger partial charge on any atom is 0.161 e. The van der Waals surface area contributed by atoms with Crippen LogP contribution in [0, 0.1) is 0 Å². The van der Waals surface area contributed by atoms with Crippen LogP contribution in [0.25, 0.3) is 0 Å². The summed E-state index contributed by atoms with van der Waals surface area (Å²) in [5.74, 6) is 1.54. The average Bonchev–Trinajstić information content (AvgIpc) is 3.25. The lowest BCUT2D eigenvalue weighted by Crippen LogP contribution is -2.20. The van der Waals surface area contributed by atoms with Gasteiger partial charge in [0.15, 0.2) is 11.5 Å². The Morgan fingerprint density at radius 2 is 1.88 bits per heavy atom. The van der Waals surface area contributed by atoms with Crippen molar-refractivity contribution in [1.29, 1.82) is 0 Å². The quantitative estimate of drug-likeness (QED) is 0.777. The molecule has 0 saturated heterocycles. The van der Waals surface area contributed by atoms with Crippen molar-refractivity contribution in [1.82, 2.24) is 14.5 Å². The molecular weight excluding hydrogens is 302 g/mol. The molecule has 3 rings (SSSR count). The first-order valence-corrected chi connectivity index (χ1v) is 8.61. The molecule has 1 aliphatic rings. The molecule has 0 unspecified atom stereocenters. The Labute approximate surface area is 144 Å². The topological polar surface area (TPSA) is 39.5 Å². The van der Waals surface area contributed by atoms with Gasteiger partial charge in [-0.05, 0) is 37.6 Å². The Kier molecular flexibility index (Phi) is 5.41. The molecule has 0 N–H and O–H groups in total. The van der Waals surface area contributed by atoms with Gasteiger partial charge >= 0.3 is 0 Å². The molecule has 0 aliphatic heterocycles. The molecule has 1 fully saturated rings. The summed E-state index contributed by atoms with van der Waals surface area (Å²) in [6.07, 6.45) is 9.23. The molecule has 5 heteroatoms. The van der Waals surface area contributed by atoms with E-state index in [9.17, 15) is 0 Å². The molecule has 1 aliphatic carbocycles. The molecule has 1 aromatic carbocycles. The van der Waals surface area contributed by atoms with E-state index in [1.54, 1.807) is 14.2 Å². The minimum atomic E-state index is 0.636. The number of rotatable bonds is 7. The van der Waals surface area contributed by atoms with Crippen LogP contribution in [0.4, 0.5) is 0 Å². The fraction of sp³-hybridized carbons (Fsp3) is 0.526. The molecular formula is C19H27N3O2. The minimum Gasteiger partial charge on any atom is -0.493 e. The number of aromatic nitrogens is 2. The van der Waals surface area contributed by atoms with Crippen LogP contribution in [-0.2, 0) is 13.1 Å². The molecule has 24 heavy (non-hydrogen) atoms. The Balaban J connectivity index is 1.66. The summed E-state index contributed by atoms with van der Waals surface area (Å²) in [6.45, 7) is 1.75. The summed E-state index contributed by atoms with van der Waals surface area (Å²) in [5, 5.41) is 0. The molecule has 0 radical (unpaired) electrons. The lowest BCUT2D eigenvalue weighted by atomic mass is 10.2. The van der Waals surface area contributed by atoms with Gasteiger partial charge in [-0.2, -0.15) is 0 Å². The van der Waals surface area contributed by atoms with Gasteiger partial charge in [-0.3, -0.25) is 4.90 Å². The largest absolute Gasteiger partial charge is 0.493 e. The Bertz CT molecular complexity index is 662. The number of imidazole rings is 1. The van der Waals surface area contributed by atoms with Gasteiger partial charge in [-0.15, -0.1) is 0 Å². The van der Waals surface area contributed by atoms with Crippen LogP contribution in [0.1, 0.15) is 43.0 Å². The zero-order valence-corrected chi connectivity index (χ0v) is 14.9. The molecule has 2 aromatic rings. The van der Waals surface area contributed by atoms with E-state index in [-0.39, 0.29) is 0 Å². The molecule has 0 bridgehead atoms. The van der Waals surface area contributed by atoms with E-state index in [4.69, 9.17) is 9.47 Å². The monoisotopic (exact) mass is 329 g/mol. The molecule has 0 spiro atoms. The van der Waals surface area contributed by atoms with E-state index in [1.165, 1.54) is 36.9 Å². The highest BCUT2D eigenvalue weighted by Crippen LogP contribution is 2.31. The highest BCUT2D eigenvalue weighted by Gasteiger charge is 2.19. The minimum absolute atomic E-state index is 0.636. The smallest absolute Gasteiger partial charge is 0.161 e. The third-order valence-corrected chi connectivity index (χ3v) is 4.80. The van der Waals surface area contributed by atoms with Crippen molar-refractivity contribution >= 4 is 0 Å². The predicted molar refractivity (Wildman–Crippen MR) is 94.4 cm³/mol. The van der Waals surface area contributed by atoms with Gasteiger partial charge in [0.2, 0.25) is 0 Å². The summed E-state index contributed by atoms with van der Waals surface area (Å²) >= 11 is 0. The van der Waals surface area contributed by atoms with Gasteiger partial charge in [0.25, 0.3) is 0 Å². The van der Waals surface area contributed by atoms with Crippen LogP contribution in [0.5, 0.6) is 11.5 Å². The van der Waals surface area contributed by atoms with Crippen LogP contribution in [0.3, 0.4) is 0 Å². The maximum absolute atomic E-state index is 5.39. The van der Waals surface area contributed by atoms with E-state index in [1.807, 2.05) is 24.7 Å². The van der Waals surface area contributed by atoms with Crippen LogP contribution in [-0.4, -0.2) is 35.7 Å². The van der Waals surface area contributed by atoms with Gasteiger partial charge in [-0.1, -0.05) is 18.9 Å². The van der Waals surface area contributed by atoms with E-state index < -0.39 is 0 Å². The van der Waals surface area contributed by atoms with Crippen LogP contribution in [0.15, 0.2) is 30.7 Å². The van der Waals surface area contributed by atoms with Crippen molar-refractivity contribution in [2.45, 2.75) is 44.8 Å². The van der Waals surface area contributed by atoms with E-state index >= 15 is 0 Å². The number of nitrogens with zero attached hydrogens (tertiary/aromatic N) is 3. The number of methoxy groups -OCH3 is 2. The summed E-state index contributed by atoms with van der Waals surface area (Å²) in [7, 11) is 5.47. The van der Waals surface area contributed by atoms with E-state index in [2.05, 4.69) is 27.6 Å². The molecule has 5 nitrogen and oxygen atoms in total. The fourth-order valence-electron chi connectivity index (χ4n) is 3.59. The first-order valence-electron chi connectivity index (χ1n) is 8.61. The van der Waals surface area contributed by atoms with Gasteiger partial charge in [0.05, 0.1) is 26.2 Å². The Hall–Kier alpha value is -2.01. The molecule has 1 saturated carbocycles. The van der Waals surface area contributed by atoms with E-state index in [0.29, 0.717) is 6.04 Å². The second-order valence-electron chi connectivity index (χ2n) is 6.59. The second kappa shape index (κ2) is 7.71. The summed E-state index contributed by atoms with van der Waals surface area (Å²) in [5.41, 5.74) is 2.51. The van der Waals surface area contributed by atoms with Crippen molar-refractivity contribution < 1.29 is 9.47 Å². The number of hydrogen-bond donors (Lipinski definition) is 0. The summed E-state index contributed by atoms with van der Waals surface area (Å²) < 4.78 is 13.1. The van der Waals surface area contributed by atoms with Crippen LogP contribution >= 0.6 is 0 Å². The zero-order valence-electron chi connectivity index (χ0n) is 14.9. The van der Waals surface area contributed by atoms with Gasteiger partial charge in [0, 0.05) is 25.3 Å². The highest BCUT2D eigenvalue weighted by molar-refractivity contribution is 5.42. The third kappa shape index (κ3) is 3.73. The van der Waals surface area contributed by atoms with Gasteiger partial charge < -0.3 is 14.0 Å². The average molecular weight is 329 g/mol. The van der Waals surface area contributed by atoms with E-state index in [0.717, 1.165) is 24.6 Å². The molecule has 0 atom stereocenters. The highest BCUT2D eigenvalue weighted by atomic mass is 16.5. The van der Waals surface area contributed by atoms with Crippen molar-refractivity contribution in [2.75, 3.05) is 21.3 Å². The lowest BCUT2D eigenvalue weighted by molar-refractivity contribution is 0.303. The van der Waals surface area contributed by atoms with Crippen LogP contribution < -0.4 is 9.47 Å². The number of hydrogen-bond acceptors (Lipinski definition) is 4. The summed E-state index contributed by atoms with van der Waals surface area (Å²) in [4.78, 5) is 6.69. The molecule has 1 heterocycles. The van der Waals surface area contributed by atoms with Gasteiger partial charge in [-0.25, -0.2) is 4.98 Å². The normalized spacial score (nSPS) is 15.2. The SMILES string of the molecule is COc1ccc(CN(C)Cc2cncn2C2CCCC2)cc1OC. The van der Waals surface area contributed by atoms with Crippen LogP contribution in [0.2, 0.25) is 0 Å². The number of ether oxygens (including phenoxy) is 2. The maximum atomic E-state index is 5.39. The zero-order chi connectivity index (χ0) is 16.9. The molecule has 0 amide bonds. The number of benzene rings is 1. The first kappa shape index (κ1) is 16.8. The summed E-state index contributed by atoms with van der Waals surface area (Å²) in [6, 6.07) is 6.73. The van der Waals surface area contributed by atoms with Crippen molar-refractivity contribution in [3.63, 3.8) is 0 Å². The Morgan fingerprint density at radius 1 is 1.12 bits per heavy atom. The Morgan fingerprint density at radius 3 is 2.58 bits per heavy atom. The third-order valence-electron chi connectivity index (χ3n) is 4.80.